The maximum Gasteiger partial charge on any atom is 0.264 e. The molecule has 0 aromatic heterocycles. The van der Waals surface area contributed by atoms with Crippen LogP contribution >= 0.6 is 0 Å². The molecule has 0 bridgehead atoms. The molecule has 0 spiro atoms. The molecule has 2 amide bonds. The molecule has 214 valence electrons. The summed E-state index contributed by atoms with van der Waals surface area (Å²) in [5.74, 6) is -0.437. The lowest BCUT2D eigenvalue weighted by molar-refractivity contribution is -0.139. The molecule has 0 aliphatic carbocycles. The van der Waals surface area contributed by atoms with Gasteiger partial charge in [0.15, 0.2) is 0 Å². The molecule has 1 atom stereocenters. The van der Waals surface area contributed by atoms with Crippen LogP contribution in [0, 0.1) is 6.92 Å². The van der Waals surface area contributed by atoms with Gasteiger partial charge in [-0.3, -0.25) is 13.9 Å². The predicted molar refractivity (Wildman–Crippen MR) is 158 cm³/mol. The van der Waals surface area contributed by atoms with Crippen LogP contribution < -0.4 is 14.4 Å². The van der Waals surface area contributed by atoms with Gasteiger partial charge in [-0.25, -0.2) is 8.42 Å². The van der Waals surface area contributed by atoms with Gasteiger partial charge in [-0.2, -0.15) is 0 Å². The molecule has 0 saturated heterocycles. The van der Waals surface area contributed by atoms with E-state index in [0.29, 0.717) is 18.6 Å². The summed E-state index contributed by atoms with van der Waals surface area (Å²) in [7, 11) is -2.71. The third kappa shape index (κ3) is 7.63. The fourth-order valence-corrected chi connectivity index (χ4v) is 5.94. The third-order valence-corrected chi connectivity index (χ3v) is 8.29. The van der Waals surface area contributed by atoms with Crippen molar-refractivity contribution in [3.05, 3.63) is 90.0 Å². The number of amides is 2. The summed E-state index contributed by atoms with van der Waals surface area (Å²) >= 11 is 0. The van der Waals surface area contributed by atoms with Crippen molar-refractivity contribution in [2.24, 2.45) is 0 Å². The van der Waals surface area contributed by atoms with Gasteiger partial charge < -0.3 is 15.0 Å². The smallest absolute Gasteiger partial charge is 0.264 e. The summed E-state index contributed by atoms with van der Waals surface area (Å²) in [6, 6.07) is 22.0. The lowest BCUT2D eigenvalue weighted by atomic mass is 10.1. The quantitative estimate of drug-likeness (QED) is 0.328. The average molecular weight is 566 g/mol. The molecule has 0 unspecified atom stereocenters. The van der Waals surface area contributed by atoms with Crippen LogP contribution in [-0.2, 0) is 26.0 Å². The van der Waals surface area contributed by atoms with Crippen LogP contribution in [0.5, 0.6) is 5.75 Å². The highest BCUT2D eigenvalue weighted by atomic mass is 32.2. The fraction of sp³-hybridized carbons (Fsp3) is 0.355. The number of hydrogen-bond acceptors (Lipinski definition) is 5. The van der Waals surface area contributed by atoms with Crippen LogP contribution in [0.25, 0.3) is 0 Å². The summed E-state index contributed by atoms with van der Waals surface area (Å²) < 4.78 is 34.6. The van der Waals surface area contributed by atoms with Gasteiger partial charge in [0.05, 0.1) is 17.7 Å². The summed E-state index contributed by atoms with van der Waals surface area (Å²) in [5, 5.41) is 2.91. The second-order valence-corrected chi connectivity index (χ2v) is 11.8. The third-order valence-electron chi connectivity index (χ3n) is 6.51. The second kappa shape index (κ2) is 14.0. The normalized spacial score (nSPS) is 12.1. The molecule has 1 N–H and O–H groups in total. The molecule has 0 radical (unpaired) electrons. The standard InChI is InChI=1S/C31H39N3O5S/c1-6-27(31(36)32-23(2)3)33(20-19-25-13-9-7-10-14-25)30(35)22-34(28-21-24(4)17-18-29(28)39-5)40(37,38)26-15-11-8-12-16-26/h7-18,21,23,27H,6,19-20,22H2,1-5H3,(H,32,36)/t27-/m1/s1. The minimum Gasteiger partial charge on any atom is -0.495 e. The van der Waals surface area contributed by atoms with E-state index in [1.165, 1.54) is 24.1 Å². The zero-order chi connectivity index (χ0) is 29.3. The highest BCUT2D eigenvalue weighted by Crippen LogP contribution is 2.33. The van der Waals surface area contributed by atoms with Gasteiger partial charge in [0, 0.05) is 12.6 Å². The van der Waals surface area contributed by atoms with Crippen LogP contribution in [0.2, 0.25) is 0 Å². The van der Waals surface area contributed by atoms with E-state index in [2.05, 4.69) is 5.32 Å². The van der Waals surface area contributed by atoms with Crippen molar-refractivity contribution in [1.29, 1.82) is 0 Å². The number of nitrogens with zero attached hydrogens (tertiary/aromatic N) is 2. The highest BCUT2D eigenvalue weighted by Gasteiger charge is 2.34. The Labute approximate surface area is 238 Å². The summed E-state index contributed by atoms with van der Waals surface area (Å²) in [6.07, 6.45) is 0.884. The molecular formula is C31H39N3O5S. The lowest BCUT2D eigenvalue weighted by Gasteiger charge is -2.34. The zero-order valence-electron chi connectivity index (χ0n) is 23.8. The van der Waals surface area contributed by atoms with E-state index in [9.17, 15) is 18.0 Å². The van der Waals surface area contributed by atoms with E-state index in [4.69, 9.17) is 4.74 Å². The van der Waals surface area contributed by atoms with E-state index in [-0.39, 0.29) is 29.1 Å². The van der Waals surface area contributed by atoms with E-state index < -0.39 is 28.5 Å². The van der Waals surface area contributed by atoms with Gasteiger partial charge in [0.2, 0.25) is 11.8 Å². The molecule has 3 rings (SSSR count). The molecule has 0 saturated carbocycles. The molecular weight excluding hydrogens is 526 g/mol. The summed E-state index contributed by atoms with van der Waals surface area (Å²) in [5.41, 5.74) is 2.07. The van der Waals surface area contributed by atoms with Gasteiger partial charge in [-0.1, -0.05) is 61.5 Å². The largest absolute Gasteiger partial charge is 0.495 e. The molecule has 3 aromatic rings. The molecule has 40 heavy (non-hydrogen) atoms. The first-order chi connectivity index (χ1) is 19.1. The number of benzene rings is 3. The number of rotatable bonds is 13. The van der Waals surface area contributed by atoms with E-state index in [0.717, 1.165) is 15.4 Å². The Morgan fingerprint density at radius 3 is 2.15 bits per heavy atom. The first kappa shape index (κ1) is 30.7. The predicted octanol–water partition coefficient (Wildman–Crippen LogP) is 4.57. The number of aryl methyl sites for hydroxylation is 1. The zero-order valence-corrected chi connectivity index (χ0v) is 24.6. The molecule has 0 fully saturated rings. The van der Waals surface area contributed by atoms with E-state index in [1.54, 1.807) is 30.3 Å². The van der Waals surface area contributed by atoms with Gasteiger partial charge in [0.1, 0.15) is 18.3 Å². The van der Waals surface area contributed by atoms with Crippen molar-refractivity contribution in [1.82, 2.24) is 10.2 Å². The van der Waals surface area contributed by atoms with Crippen molar-refractivity contribution >= 4 is 27.5 Å². The lowest BCUT2D eigenvalue weighted by Crippen LogP contribution is -2.54. The Hall–Kier alpha value is -3.85. The molecule has 9 heteroatoms. The highest BCUT2D eigenvalue weighted by molar-refractivity contribution is 7.92. The maximum absolute atomic E-state index is 14.1. The van der Waals surface area contributed by atoms with Crippen molar-refractivity contribution in [3.63, 3.8) is 0 Å². The number of methoxy groups -OCH3 is 1. The van der Waals surface area contributed by atoms with Crippen LogP contribution in [0.15, 0.2) is 83.8 Å². The van der Waals surface area contributed by atoms with Crippen LogP contribution in [-0.4, -0.2) is 57.4 Å². The Morgan fingerprint density at radius 2 is 1.57 bits per heavy atom. The number of sulfonamides is 1. The molecule has 8 nitrogen and oxygen atoms in total. The van der Waals surface area contributed by atoms with Gasteiger partial charge >= 0.3 is 0 Å². The monoisotopic (exact) mass is 565 g/mol. The number of nitrogens with one attached hydrogen (secondary N) is 1. The minimum atomic E-state index is -4.17. The van der Waals surface area contributed by atoms with Crippen molar-refractivity contribution in [3.8, 4) is 5.75 Å². The SMILES string of the molecule is CC[C@H](C(=O)NC(C)C)N(CCc1ccccc1)C(=O)CN(c1cc(C)ccc1OC)S(=O)(=O)c1ccccc1. The number of carbonyl (C=O) groups excluding carboxylic acids is 2. The van der Waals surface area contributed by atoms with Gasteiger partial charge in [-0.05, 0) is 69.0 Å². The second-order valence-electron chi connectivity index (χ2n) is 9.91. The van der Waals surface area contributed by atoms with Crippen molar-refractivity contribution < 1.29 is 22.7 Å². The van der Waals surface area contributed by atoms with E-state index in [1.807, 2.05) is 64.1 Å². The first-order valence-corrected chi connectivity index (χ1v) is 14.9. The number of ether oxygens (including phenoxy) is 1. The van der Waals surface area contributed by atoms with E-state index >= 15 is 0 Å². The Kier molecular flexibility index (Phi) is 10.7. The summed E-state index contributed by atoms with van der Waals surface area (Å²) in [4.78, 5) is 28.9. The maximum atomic E-state index is 14.1. The summed E-state index contributed by atoms with van der Waals surface area (Å²) in [6.45, 7) is 7.15. The number of anilines is 1. The molecule has 0 aliphatic heterocycles. The van der Waals surface area contributed by atoms with Crippen LogP contribution in [0.1, 0.15) is 38.3 Å². The molecule has 3 aromatic carbocycles. The molecule has 0 heterocycles. The van der Waals surface area contributed by atoms with Crippen LogP contribution in [0.4, 0.5) is 5.69 Å². The topological polar surface area (TPSA) is 96.0 Å². The van der Waals surface area contributed by atoms with Crippen molar-refractivity contribution in [2.75, 3.05) is 24.5 Å². The fourth-order valence-electron chi connectivity index (χ4n) is 4.50. The van der Waals surface area contributed by atoms with Crippen LogP contribution in [0.3, 0.4) is 0 Å². The number of carbonyl (C=O) groups is 2. The van der Waals surface area contributed by atoms with Crippen molar-refractivity contribution in [2.45, 2.75) is 57.5 Å². The van der Waals surface area contributed by atoms with Gasteiger partial charge in [-0.15, -0.1) is 0 Å². The minimum absolute atomic E-state index is 0.0480. The number of hydrogen-bond donors (Lipinski definition) is 1. The van der Waals surface area contributed by atoms with Gasteiger partial charge in [0.25, 0.3) is 10.0 Å². The molecule has 0 aliphatic rings. The Morgan fingerprint density at radius 1 is 0.950 bits per heavy atom. The Balaban J connectivity index is 2.07. The Bertz CT molecular complexity index is 1380. The average Bonchev–Trinajstić information content (AvgIpc) is 2.94. The first-order valence-electron chi connectivity index (χ1n) is 13.4.